The standard InChI is InChI=1S/C13H14N2O3/c1-2-8-18-12-5-3-4-11-13(12)10(9-14-11)6-7-15(16)17/h3-7,9,14H,2,8H2,1H3/b7-6-. The number of aromatic nitrogens is 1. The Labute approximate surface area is 104 Å². The summed E-state index contributed by atoms with van der Waals surface area (Å²) in [5.74, 6) is 0.749. The van der Waals surface area contributed by atoms with Crippen LogP contribution in [-0.4, -0.2) is 16.5 Å². The normalized spacial score (nSPS) is 11.2. The molecule has 0 radical (unpaired) electrons. The van der Waals surface area contributed by atoms with Crippen LogP contribution in [-0.2, 0) is 0 Å². The molecule has 0 fully saturated rings. The van der Waals surface area contributed by atoms with Gasteiger partial charge in [-0.2, -0.15) is 0 Å². The van der Waals surface area contributed by atoms with E-state index in [2.05, 4.69) is 4.98 Å². The van der Waals surface area contributed by atoms with Crippen LogP contribution in [0.3, 0.4) is 0 Å². The summed E-state index contributed by atoms with van der Waals surface area (Å²) in [5.41, 5.74) is 1.67. The Balaban J connectivity index is 2.44. The molecule has 0 amide bonds. The van der Waals surface area contributed by atoms with Crippen LogP contribution in [0.25, 0.3) is 17.0 Å². The highest BCUT2D eigenvalue weighted by atomic mass is 16.6. The van der Waals surface area contributed by atoms with Gasteiger partial charge in [-0.3, -0.25) is 10.1 Å². The SMILES string of the molecule is CCCOc1cccc2[nH]cc(/C=C\[N+](=O)[O-])c12. The zero-order valence-electron chi connectivity index (χ0n) is 10.1. The lowest BCUT2D eigenvalue weighted by Gasteiger charge is -2.06. The monoisotopic (exact) mass is 246 g/mol. The molecule has 0 aliphatic carbocycles. The van der Waals surface area contributed by atoms with Gasteiger partial charge in [0, 0.05) is 28.7 Å². The molecule has 0 atom stereocenters. The van der Waals surface area contributed by atoms with E-state index in [0.717, 1.165) is 34.8 Å². The molecule has 0 unspecified atom stereocenters. The number of ether oxygens (including phenoxy) is 1. The molecule has 5 heteroatoms. The highest BCUT2D eigenvalue weighted by Gasteiger charge is 2.08. The summed E-state index contributed by atoms with van der Waals surface area (Å²) in [6.45, 7) is 2.66. The number of fused-ring (bicyclic) bond motifs is 1. The smallest absolute Gasteiger partial charge is 0.235 e. The van der Waals surface area contributed by atoms with Crippen LogP contribution in [0.15, 0.2) is 30.6 Å². The van der Waals surface area contributed by atoms with Gasteiger partial charge in [0.2, 0.25) is 6.20 Å². The van der Waals surface area contributed by atoms with Crippen molar-refractivity contribution >= 4 is 17.0 Å². The predicted octanol–water partition coefficient (Wildman–Crippen LogP) is 3.20. The van der Waals surface area contributed by atoms with Gasteiger partial charge in [-0.15, -0.1) is 0 Å². The Kier molecular flexibility index (Phi) is 3.62. The molecule has 0 aliphatic heterocycles. The van der Waals surface area contributed by atoms with Gasteiger partial charge in [-0.25, -0.2) is 0 Å². The van der Waals surface area contributed by atoms with Crippen molar-refractivity contribution in [2.45, 2.75) is 13.3 Å². The molecule has 1 heterocycles. The van der Waals surface area contributed by atoms with Gasteiger partial charge in [0.1, 0.15) is 5.75 Å². The van der Waals surface area contributed by atoms with E-state index in [9.17, 15) is 10.1 Å². The summed E-state index contributed by atoms with van der Waals surface area (Å²) in [6, 6.07) is 5.68. The summed E-state index contributed by atoms with van der Waals surface area (Å²) in [6.07, 6.45) is 5.06. The first-order valence-electron chi connectivity index (χ1n) is 5.77. The second kappa shape index (κ2) is 5.35. The van der Waals surface area contributed by atoms with Crippen molar-refractivity contribution in [1.29, 1.82) is 0 Å². The van der Waals surface area contributed by atoms with Gasteiger partial charge in [0.25, 0.3) is 0 Å². The van der Waals surface area contributed by atoms with Gasteiger partial charge in [0.05, 0.1) is 11.5 Å². The second-order valence-electron chi connectivity index (χ2n) is 3.87. The molecule has 5 nitrogen and oxygen atoms in total. The number of nitrogens with zero attached hydrogens (tertiary/aromatic N) is 1. The maximum Gasteiger partial charge on any atom is 0.235 e. The number of aromatic amines is 1. The highest BCUT2D eigenvalue weighted by molar-refractivity contribution is 5.93. The number of nitrogens with one attached hydrogen (secondary N) is 1. The third-order valence-electron chi connectivity index (χ3n) is 2.54. The number of nitro groups is 1. The van der Waals surface area contributed by atoms with E-state index >= 15 is 0 Å². The number of hydrogen-bond donors (Lipinski definition) is 1. The lowest BCUT2D eigenvalue weighted by Crippen LogP contribution is -1.95. The van der Waals surface area contributed by atoms with Crippen molar-refractivity contribution in [1.82, 2.24) is 4.98 Å². The number of H-pyrrole nitrogens is 1. The minimum Gasteiger partial charge on any atom is -0.493 e. The molecule has 0 saturated heterocycles. The predicted molar refractivity (Wildman–Crippen MR) is 70.1 cm³/mol. The Morgan fingerprint density at radius 1 is 1.50 bits per heavy atom. The van der Waals surface area contributed by atoms with E-state index in [1.54, 1.807) is 6.20 Å². The fraction of sp³-hybridized carbons (Fsp3) is 0.231. The lowest BCUT2D eigenvalue weighted by atomic mass is 10.1. The third-order valence-corrected chi connectivity index (χ3v) is 2.54. The largest absolute Gasteiger partial charge is 0.493 e. The van der Waals surface area contributed by atoms with Crippen molar-refractivity contribution in [2.24, 2.45) is 0 Å². The second-order valence-corrected chi connectivity index (χ2v) is 3.87. The van der Waals surface area contributed by atoms with Crippen LogP contribution in [0.1, 0.15) is 18.9 Å². The van der Waals surface area contributed by atoms with Crippen LogP contribution >= 0.6 is 0 Å². The first-order chi connectivity index (χ1) is 8.72. The van der Waals surface area contributed by atoms with Crippen LogP contribution < -0.4 is 4.74 Å². The fourth-order valence-corrected chi connectivity index (χ4v) is 1.78. The summed E-state index contributed by atoms with van der Waals surface area (Å²) in [4.78, 5) is 13.0. The van der Waals surface area contributed by atoms with Crippen molar-refractivity contribution in [3.63, 3.8) is 0 Å². The number of hydrogen-bond acceptors (Lipinski definition) is 3. The van der Waals surface area contributed by atoms with Gasteiger partial charge in [-0.05, 0) is 18.6 Å². The average Bonchev–Trinajstić information content (AvgIpc) is 2.77. The molecule has 2 rings (SSSR count). The summed E-state index contributed by atoms with van der Waals surface area (Å²) in [5, 5.41) is 11.2. The third kappa shape index (κ3) is 2.51. The molecule has 1 N–H and O–H groups in total. The Hall–Kier alpha value is -2.30. The molecule has 0 bridgehead atoms. The Bertz CT molecular complexity index is 587. The molecule has 2 aromatic rings. The van der Waals surface area contributed by atoms with Crippen molar-refractivity contribution < 1.29 is 9.66 Å². The molecule has 18 heavy (non-hydrogen) atoms. The Morgan fingerprint density at radius 2 is 2.33 bits per heavy atom. The van der Waals surface area contributed by atoms with Gasteiger partial charge < -0.3 is 9.72 Å². The average molecular weight is 246 g/mol. The summed E-state index contributed by atoms with van der Waals surface area (Å²) >= 11 is 0. The number of benzene rings is 1. The fourth-order valence-electron chi connectivity index (χ4n) is 1.78. The lowest BCUT2D eigenvalue weighted by molar-refractivity contribution is -0.400. The van der Waals surface area contributed by atoms with Gasteiger partial charge in [0.15, 0.2) is 0 Å². The topological polar surface area (TPSA) is 68.2 Å². The van der Waals surface area contributed by atoms with E-state index in [0.29, 0.717) is 6.61 Å². The maximum absolute atomic E-state index is 10.4. The van der Waals surface area contributed by atoms with Crippen LogP contribution in [0, 0.1) is 10.1 Å². The summed E-state index contributed by atoms with van der Waals surface area (Å²) < 4.78 is 5.65. The summed E-state index contributed by atoms with van der Waals surface area (Å²) in [7, 11) is 0. The van der Waals surface area contributed by atoms with E-state index in [4.69, 9.17) is 4.74 Å². The molecular formula is C13H14N2O3. The van der Waals surface area contributed by atoms with E-state index < -0.39 is 4.92 Å². The molecule has 0 aliphatic rings. The van der Waals surface area contributed by atoms with E-state index in [1.165, 1.54) is 6.08 Å². The molecule has 94 valence electrons. The van der Waals surface area contributed by atoms with Crippen molar-refractivity contribution in [3.05, 3.63) is 46.3 Å². The molecule has 0 saturated carbocycles. The van der Waals surface area contributed by atoms with Crippen molar-refractivity contribution in [2.75, 3.05) is 6.61 Å². The molecule has 1 aromatic carbocycles. The van der Waals surface area contributed by atoms with Gasteiger partial charge in [-0.1, -0.05) is 13.0 Å². The molecule has 0 spiro atoms. The van der Waals surface area contributed by atoms with Crippen LogP contribution in [0.5, 0.6) is 5.75 Å². The first-order valence-corrected chi connectivity index (χ1v) is 5.77. The van der Waals surface area contributed by atoms with Crippen molar-refractivity contribution in [3.8, 4) is 5.75 Å². The minimum atomic E-state index is -0.478. The van der Waals surface area contributed by atoms with Gasteiger partial charge >= 0.3 is 0 Å². The highest BCUT2D eigenvalue weighted by Crippen LogP contribution is 2.29. The number of rotatable bonds is 5. The zero-order valence-corrected chi connectivity index (χ0v) is 10.1. The van der Waals surface area contributed by atoms with E-state index in [-0.39, 0.29) is 0 Å². The quantitative estimate of drug-likeness (QED) is 0.650. The van der Waals surface area contributed by atoms with Crippen LogP contribution in [0.4, 0.5) is 0 Å². The first kappa shape index (κ1) is 12.2. The molecular weight excluding hydrogens is 232 g/mol. The molecule has 1 aromatic heterocycles. The van der Waals surface area contributed by atoms with E-state index in [1.807, 2.05) is 25.1 Å². The minimum absolute atomic E-state index is 0.478. The van der Waals surface area contributed by atoms with Crippen LogP contribution in [0.2, 0.25) is 0 Å². The maximum atomic E-state index is 10.4. The Morgan fingerprint density at radius 3 is 3.06 bits per heavy atom. The zero-order chi connectivity index (χ0) is 13.0.